The van der Waals surface area contributed by atoms with Crippen LogP contribution in [0.2, 0.25) is 0 Å². The van der Waals surface area contributed by atoms with E-state index in [0.29, 0.717) is 0 Å². The first-order valence-corrected chi connectivity index (χ1v) is 3.51. The standard InChI is InChI=1S/C7H8N2O4/c1-9-5(10)2-4(3-6(11)12)8-7(9)13/h2H,3H2,1H3,(H,8,13)(H,11,12). The Morgan fingerprint density at radius 1 is 1.62 bits per heavy atom. The lowest BCUT2D eigenvalue weighted by Crippen LogP contribution is -2.33. The molecule has 6 nitrogen and oxygen atoms in total. The van der Waals surface area contributed by atoms with Gasteiger partial charge in [-0.3, -0.25) is 14.2 Å². The van der Waals surface area contributed by atoms with Gasteiger partial charge in [0.1, 0.15) is 0 Å². The predicted molar refractivity (Wildman–Crippen MR) is 43.6 cm³/mol. The zero-order chi connectivity index (χ0) is 10.0. The van der Waals surface area contributed by atoms with Crippen molar-refractivity contribution in [2.45, 2.75) is 6.42 Å². The molecular formula is C7H8N2O4. The van der Waals surface area contributed by atoms with Gasteiger partial charge in [0.05, 0.1) is 6.42 Å². The van der Waals surface area contributed by atoms with E-state index in [2.05, 4.69) is 4.98 Å². The van der Waals surface area contributed by atoms with Crippen molar-refractivity contribution in [3.63, 3.8) is 0 Å². The zero-order valence-electron chi connectivity index (χ0n) is 6.90. The lowest BCUT2D eigenvalue weighted by atomic mass is 10.3. The van der Waals surface area contributed by atoms with Gasteiger partial charge in [-0.25, -0.2) is 4.79 Å². The highest BCUT2D eigenvalue weighted by Gasteiger charge is 2.04. The van der Waals surface area contributed by atoms with Crippen molar-refractivity contribution < 1.29 is 9.90 Å². The van der Waals surface area contributed by atoms with E-state index in [1.807, 2.05) is 0 Å². The molecule has 0 unspecified atom stereocenters. The summed E-state index contributed by atoms with van der Waals surface area (Å²) in [6.45, 7) is 0. The van der Waals surface area contributed by atoms with Crippen LogP contribution in [0.25, 0.3) is 0 Å². The molecule has 1 aromatic rings. The van der Waals surface area contributed by atoms with Crippen LogP contribution in [-0.2, 0) is 18.3 Å². The number of aliphatic carboxylic acids is 1. The third kappa shape index (κ3) is 2.05. The number of aromatic amines is 1. The Bertz CT molecular complexity index is 411. The first-order valence-electron chi connectivity index (χ1n) is 3.51. The molecule has 0 aromatic carbocycles. The largest absolute Gasteiger partial charge is 0.481 e. The monoisotopic (exact) mass is 184 g/mol. The summed E-state index contributed by atoms with van der Waals surface area (Å²) in [4.78, 5) is 34.5. The van der Waals surface area contributed by atoms with E-state index in [1.54, 1.807) is 0 Å². The van der Waals surface area contributed by atoms with E-state index in [-0.39, 0.29) is 12.1 Å². The van der Waals surface area contributed by atoms with E-state index in [0.717, 1.165) is 10.6 Å². The van der Waals surface area contributed by atoms with Crippen molar-refractivity contribution in [3.05, 3.63) is 32.6 Å². The van der Waals surface area contributed by atoms with Crippen LogP contribution in [0.15, 0.2) is 15.7 Å². The van der Waals surface area contributed by atoms with Crippen molar-refractivity contribution in [1.82, 2.24) is 9.55 Å². The summed E-state index contributed by atoms with van der Waals surface area (Å²) in [6.07, 6.45) is -0.356. The second-order valence-corrected chi connectivity index (χ2v) is 2.57. The Labute approximate surface area is 72.5 Å². The molecule has 0 aliphatic heterocycles. The number of nitrogens with one attached hydrogen (secondary N) is 1. The molecule has 13 heavy (non-hydrogen) atoms. The average Bonchev–Trinajstić information content (AvgIpc) is 1.98. The molecule has 0 atom stereocenters. The minimum atomic E-state index is -1.09. The van der Waals surface area contributed by atoms with Gasteiger partial charge in [-0.2, -0.15) is 0 Å². The van der Waals surface area contributed by atoms with E-state index in [1.165, 1.54) is 7.05 Å². The van der Waals surface area contributed by atoms with E-state index in [4.69, 9.17) is 5.11 Å². The van der Waals surface area contributed by atoms with Crippen molar-refractivity contribution >= 4 is 5.97 Å². The van der Waals surface area contributed by atoms with Crippen LogP contribution in [0.1, 0.15) is 5.69 Å². The Morgan fingerprint density at radius 3 is 2.69 bits per heavy atom. The molecule has 1 rings (SSSR count). The predicted octanol–water partition coefficient (Wildman–Crippen LogP) is -1.30. The maximum absolute atomic E-state index is 11.0. The normalized spacial score (nSPS) is 9.92. The van der Waals surface area contributed by atoms with Crippen LogP contribution in [0.3, 0.4) is 0 Å². The maximum atomic E-state index is 11.0. The summed E-state index contributed by atoms with van der Waals surface area (Å²) in [5, 5.41) is 8.39. The van der Waals surface area contributed by atoms with Gasteiger partial charge in [-0.15, -0.1) is 0 Å². The van der Waals surface area contributed by atoms with Crippen molar-refractivity contribution in [1.29, 1.82) is 0 Å². The van der Waals surface area contributed by atoms with Gasteiger partial charge in [0.2, 0.25) is 0 Å². The van der Waals surface area contributed by atoms with Crippen LogP contribution in [0.4, 0.5) is 0 Å². The Balaban J connectivity index is 3.21. The molecule has 0 aliphatic rings. The van der Waals surface area contributed by atoms with Gasteiger partial charge in [0.15, 0.2) is 0 Å². The fourth-order valence-electron chi connectivity index (χ4n) is 0.861. The summed E-state index contributed by atoms with van der Waals surface area (Å²) in [7, 11) is 1.31. The SMILES string of the molecule is Cn1c(=O)cc(CC(=O)O)[nH]c1=O. The fraction of sp³-hybridized carbons (Fsp3) is 0.286. The summed E-state index contributed by atoms with van der Waals surface area (Å²) in [5.74, 6) is -1.09. The number of hydrogen-bond donors (Lipinski definition) is 2. The number of rotatable bonds is 2. The number of aromatic nitrogens is 2. The highest BCUT2D eigenvalue weighted by Crippen LogP contribution is 1.87. The fourth-order valence-corrected chi connectivity index (χ4v) is 0.861. The van der Waals surface area contributed by atoms with Gasteiger partial charge in [-0.05, 0) is 0 Å². The highest BCUT2D eigenvalue weighted by atomic mass is 16.4. The summed E-state index contributed by atoms with van der Waals surface area (Å²) in [5.41, 5.74) is -1.01. The van der Waals surface area contributed by atoms with Gasteiger partial charge < -0.3 is 10.1 Å². The first kappa shape index (κ1) is 9.24. The molecule has 1 aromatic heterocycles. The molecule has 0 spiro atoms. The quantitative estimate of drug-likeness (QED) is 0.597. The maximum Gasteiger partial charge on any atom is 0.328 e. The smallest absolute Gasteiger partial charge is 0.328 e. The van der Waals surface area contributed by atoms with Gasteiger partial charge >= 0.3 is 11.7 Å². The first-order chi connectivity index (χ1) is 6.00. The molecule has 6 heteroatoms. The molecule has 0 radical (unpaired) electrons. The molecule has 0 saturated heterocycles. The van der Waals surface area contributed by atoms with Gasteiger partial charge in [0, 0.05) is 18.8 Å². The third-order valence-electron chi connectivity index (χ3n) is 1.54. The van der Waals surface area contributed by atoms with Crippen molar-refractivity contribution in [2.24, 2.45) is 7.05 Å². The Hall–Kier alpha value is -1.85. The lowest BCUT2D eigenvalue weighted by Gasteiger charge is -1.98. The Kier molecular flexibility index (Phi) is 2.32. The van der Waals surface area contributed by atoms with Crippen LogP contribution in [0.5, 0.6) is 0 Å². The van der Waals surface area contributed by atoms with Crippen LogP contribution in [-0.4, -0.2) is 20.6 Å². The summed E-state index contributed by atoms with van der Waals surface area (Å²) in [6, 6.07) is 1.09. The molecule has 2 N–H and O–H groups in total. The Morgan fingerprint density at radius 2 is 2.23 bits per heavy atom. The lowest BCUT2D eigenvalue weighted by molar-refractivity contribution is -0.136. The molecule has 0 fully saturated rings. The average molecular weight is 184 g/mol. The molecule has 0 saturated carbocycles. The molecule has 1 heterocycles. The van der Waals surface area contributed by atoms with E-state index < -0.39 is 17.2 Å². The second kappa shape index (κ2) is 3.26. The van der Waals surface area contributed by atoms with Crippen LogP contribution in [0, 0.1) is 0 Å². The van der Waals surface area contributed by atoms with Gasteiger partial charge in [-0.1, -0.05) is 0 Å². The number of carbonyl (C=O) groups is 1. The number of carboxylic acid groups (broad SMARTS) is 1. The summed E-state index contributed by atoms with van der Waals surface area (Å²) < 4.78 is 0.866. The zero-order valence-corrected chi connectivity index (χ0v) is 6.90. The molecule has 0 aliphatic carbocycles. The summed E-state index contributed by atoms with van der Waals surface area (Å²) >= 11 is 0. The topological polar surface area (TPSA) is 92.2 Å². The molecule has 0 amide bonds. The van der Waals surface area contributed by atoms with Crippen molar-refractivity contribution in [3.8, 4) is 0 Å². The minimum Gasteiger partial charge on any atom is -0.481 e. The van der Waals surface area contributed by atoms with Crippen molar-refractivity contribution in [2.75, 3.05) is 0 Å². The second-order valence-electron chi connectivity index (χ2n) is 2.57. The number of H-pyrrole nitrogens is 1. The number of nitrogens with zero attached hydrogens (tertiary/aromatic N) is 1. The van der Waals surface area contributed by atoms with Gasteiger partial charge in [0.25, 0.3) is 5.56 Å². The molecule has 0 bridgehead atoms. The minimum absolute atomic E-state index is 0.112. The highest BCUT2D eigenvalue weighted by molar-refractivity contribution is 5.69. The van der Waals surface area contributed by atoms with E-state index >= 15 is 0 Å². The molecule has 70 valence electrons. The number of carboxylic acids is 1. The number of hydrogen-bond acceptors (Lipinski definition) is 3. The molecular weight excluding hydrogens is 176 g/mol. The third-order valence-corrected chi connectivity index (χ3v) is 1.54. The van der Waals surface area contributed by atoms with E-state index in [9.17, 15) is 14.4 Å². The van der Waals surface area contributed by atoms with Crippen LogP contribution < -0.4 is 11.2 Å². The van der Waals surface area contributed by atoms with Crippen LogP contribution >= 0.6 is 0 Å².